The average molecular weight is 298 g/mol. The lowest BCUT2D eigenvalue weighted by Gasteiger charge is -2.26. The molecule has 0 spiro atoms. The van der Waals surface area contributed by atoms with E-state index in [1.807, 2.05) is 0 Å². The van der Waals surface area contributed by atoms with E-state index in [-0.39, 0.29) is 11.9 Å². The Morgan fingerprint density at radius 2 is 1.48 bits per heavy atom. The molecule has 0 radical (unpaired) electrons. The Bertz CT molecular complexity index is 257. The largest absolute Gasteiger partial charge is 0.465 e. The third kappa shape index (κ3) is 8.45. The summed E-state index contributed by atoms with van der Waals surface area (Å²) in [7, 11) is 1.76. The fraction of sp³-hybridized carbons (Fsp3) is 0.944. The van der Waals surface area contributed by atoms with Gasteiger partial charge in [-0.1, -0.05) is 51.9 Å². The van der Waals surface area contributed by atoms with Gasteiger partial charge in [0.25, 0.3) is 0 Å². The predicted octanol–water partition coefficient (Wildman–Crippen LogP) is 4.88. The van der Waals surface area contributed by atoms with Crippen molar-refractivity contribution in [3.8, 4) is 0 Å². The maximum atomic E-state index is 11.9. The normalized spacial score (nSPS) is 22.2. The molecule has 0 amide bonds. The molecule has 1 saturated carbocycles. The summed E-state index contributed by atoms with van der Waals surface area (Å²) in [6.07, 6.45) is 14.4. The number of hydrogen-bond donors (Lipinski definition) is 0. The minimum atomic E-state index is 0.0208. The second-order valence-corrected chi connectivity index (χ2v) is 6.35. The summed E-state index contributed by atoms with van der Waals surface area (Å²) >= 11 is 0. The zero-order chi connectivity index (χ0) is 15.3. The highest BCUT2D eigenvalue weighted by Crippen LogP contribution is 2.26. The van der Waals surface area contributed by atoms with Crippen LogP contribution in [0.15, 0.2) is 0 Å². The van der Waals surface area contributed by atoms with Crippen LogP contribution in [0.2, 0.25) is 0 Å². The molecule has 0 aromatic heterocycles. The fourth-order valence-electron chi connectivity index (χ4n) is 3.06. The first-order valence-corrected chi connectivity index (χ1v) is 8.97. The van der Waals surface area contributed by atoms with Crippen molar-refractivity contribution in [2.24, 2.45) is 5.92 Å². The standard InChI is InChI=1S/C18H34O3/c1-3-4-5-6-7-8-9-10-15-21-18(19)16-11-13-17(20-2)14-12-16/h16-17H,3-15H2,1-2H3. The van der Waals surface area contributed by atoms with E-state index in [0.29, 0.717) is 12.7 Å². The highest BCUT2D eigenvalue weighted by atomic mass is 16.5. The number of hydrogen-bond acceptors (Lipinski definition) is 3. The molecule has 1 rings (SSSR count). The summed E-state index contributed by atoms with van der Waals surface area (Å²) in [6.45, 7) is 2.86. The molecule has 0 aromatic rings. The van der Waals surface area contributed by atoms with Gasteiger partial charge in [-0.15, -0.1) is 0 Å². The monoisotopic (exact) mass is 298 g/mol. The molecule has 3 heteroatoms. The molecular weight excluding hydrogens is 264 g/mol. The Labute approximate surface area is 130 Å². The van der Waals surface area contributed by atoms with Gasteiger partial charge in [0.1, 0.15) is 0 Å². The lowest BCUT2D eigenvalue weighted by Crippen LogP contribution is -2.27. The number of carbonyl (C=O) groups excluding carboxylic acids is 1. The van der Waals surface area contributed by atoms with Crippen LogP contribution in [-0.4, -0.2) is 25.8 Å². The molecule has 1 aliphatic rings. The summed E-state index contributed by atoms with van der Waals surface area (Å²) in [5, 5.41) is 0. The molecule has 3 nitrogen and oxygen atoms in total. The molecule has 1 fully saturated rings. The van der Waals surface area contributed by atoms with Crippen molar-refractivity contribution in [2.45, 2.75) is 90.1 Å². The number of rotatable bonds is 11. The van der Waals surface area contributed by atoms with E-state index < -0.39 is 0 Å². The third-order valence-corrected chi connectivity index (χ3v) is 4.58. The topological polar surface area (TPSA) is 35.5 Å². The van der Waals surface area contributed by atoms with Gasteiger partial charge in [0.05, 0.1) is 18.6 Å². The lowest BCUT2D eigenvalue weighted by molar-refractivity contribution is -0.150. The number of unbranched alkanes of at least 4 members (excludes halogenated alkanes) is 7. The Balaban J connectivity index is 1.92. The zero-order valence-corrected chi connectivity index (χ0v) is 14.1. The molecule has 0 saturated heterocycles. The van der Waals surface area contributed by atoms with Gasteiger partial charge in [-0.25, -0.2) is 0 Å². The van der Waals surface area contributed by atoms with Crippen molar-refractivity contribution >= 4 is 5.97 Å². The molecule has 0 unspecified atom stereocenters. The Kier molecular flexibility index (Phi) is 10.6. The van der Waals surface area contributed by atoms with Crippen LogP contribution in [0.1, 0.15) is 84.0 Å². The highest BCUT2D eigenvalue weighted by molar-refractivity contribution is 5.72. The third-order valence-electron chi connectivity index (χ3n) is 4.58. The molecule has 1 aliphatic carbocycles. The van der Waals surface area contributed by atoms with Crippen LogP contribution in [0.5, 0.6) is 0 Å². The molecule has 0 aromatic carbocycles. The van der Waals surface area contributed by atoms with Crippen molar-refractivity contribution in [1.82, 2.24) is 0 Å². The van der Waals surface area contributed by atoms with Crippen LogP contribution in [0.25, 0.3) is 0 Å². The van der Waals surface area contributed by atoms with Crippen LogP contribution in [0.4, 0.5) is 0 Å². The maximum absolute atomic E-state index is 11.9. The van der Waals surface area contributed by atoms with Gasteiger partial charge >= 0.3 is 5.97 Å². The second kappa shape index (κ2) is 12.0. The Morgan fingerprint density at radius 3 is 2.05 bits per heavy atom. The SMILES string of the molecule is CCCCCCCCCCOC(=O)C1CCC(OC)CC1. The van der Waals surface area contributed by atoms with E-state index in [1.54, 1.807) is 7.11 Å². The van der Waals surface area contributed by atoms with E-state index in [1.165, 1.54) is 44.9 Å². The minimum absolute atomic E-state index is 0.0208. The van der Waals surface area contributed by atoms with E-state index >= 15 is 0 Å². The van der Waals surface area contributed by atoms with E-state index in [2.05, 4.69) is 6.92 Å². The highest BCUT2D eigenvalue weighted by Gasteiger charge is 2.27. The van der Waals surface area contributed by atoms with Gasteiger partial charge in [0, 0.05) is 7.11 Å². The molecule has 21 heavy (non-hydrogen) atoms. The zero-order valence-electron chi connectivity index (χ0n) is 14.1. The smallest absolute Gasteiger partial charge is 0.308 e. The van der Waals surface area contributed by atoms with Crippen molar-refractivity contribution in [3.05, 3.63) is 0 Å². The van der Waals surface area contributed by atoms with Crippen molar-refractivity contribution in [2.75, 3.05) is 13.7 Å². The summed E-state index contributed by atoms with van der Waals surface area (Å²) in [5.74, 6) is 0.137. The van der Waals surface area contributed by atoms with Crippen LogP contribution < -0.4 is 0 Å². The predicted molar refractivity (Wildman–Crippen MR) is 86.3 cm³/mol. The molecule has 0 atom stereocenters. The number of esters is 1. The summed E-state index contributed by atoms with van der Waals surface area (Å²) < 4.78 is 10.7. The van der Waals surface area contributed by atoms with Crippen molar-refractivity contribution in [3.63, 3.8) is 0 Å². The Morgan fingerprint density at radius 1 is 0.905 bits per heavy atom. The summed E-state index contributed by atoms with van der Waals surface area (Å²) in [4.78, 5) is 11.9. The van der Waals surface area contributed by atoms with Gasteiger partial charge < -0.3 is 9.47 Å². The van der Waals surface area contributed by atoms with Crippen molar-refractivity contribution < 1.29 is 14.3 Å². The van der Waals surface area contributed by atoms with Crippen LogP contribution >= 0.6 is 0 Å². The molecular formula is C18H34O3. The number of methoxy groups -OCH3 is 1. The van der Waals surface area contributed by atoms with Gasteiger partial charge in [-0.2, -0.15) is 0 Å². The van der Waals surface area contributed by atoms with Gasteiger partial charge in [0.15, 0.2) is 0 Å². The van der Waals surface area contributed by atoms with Gasteiger partial charge in [-0.3, -0.25) is 4.79 Å². The minimum Gasteiger partial charge on any atom is -0.465 e. The molecule has 0 bridgehead atoms. The first-order valence-electron chi connectivity index (χ1n) is 8.97. The molecule has 0 aliphatic heterocycles. The summed E-state index contributed by atoms with van der Waals surface area (Å²) in [6, 6.07) is 0. The average Bonchev–Trinajstić information content (AvgIpc) is 2.53. The lowest BCUT2D eigenvalue weighted by atomic mass is 9.87. The van der Waals surface area contributed by atoms with E-state index in [0.717, 1.165) is 32.1 Å². The van der Waals surface area contributed by atoms with E-state index in [9.17, 15) is 4.79 Å². The molecule has 0 heterocycles. The maximum Gasteiger partial charge on any atom is 0.308 e. The van der Waals surface area contributed by atoms with Gasteiger partial charge in [-0.05, 0) is 32.1 Å². The second-order valence-electron chi connectivity index (χ2n) is 6.35. The first-order chi connectivity index (χ1) is 10.3. The number of carbonyl (C=O) groups is 1. The van der Waals surface area contributed by atoms with Crippen LogP contribution in [0.3, 0.4) is 0 Å². The van der Waals surface area contributed by atoms with Crippen LogP contribution in [0, 0.1) is 5.92 Å². The Hall–Kier alpha value is -0.570. The molecule has 124 valence electrons. The quantitative estimate of drug-likeness (QED) is 0.403. The van der Waals surface area contributed by atoms with Crippen molar-refractivity contribution in [1.29, 1.82) is 0 Å². The molecule has 0 N–H and O–H groups in total. The summed E-state index contributed by atoms with van der Waals surface area (Å²) in [5.41, 5.74) is 0. The number of ether oxygens (including phenoxy) is 2. The van der Waals surface area contributed by atoms with E-state index in [4.69, 9.17) is 9.47 Å². The van der Waals surface area contributed by atoms with Crippen LogP contribution in [-0.2, 0) is 14.3 Å². The fourth-order valence-corrected chi connectivity index (χ4v) is 3.06. The first kappa shape index (κ1) is 18.5. The van der Waals surface area contributed by atoms with Gasteiger partial charge in [0.2, 0.25) is 0 Å².